The summed E-state index contributed by atoms with van der Waals surface area (Å²) in [5.41, 5.74) is 4.15. The third-order valence-electron chi connectivity index (χ3n) is 3.13. The smallest absolute Gasteiger partial charge is 0.368 e. The molecule has 3 rings (SSSR count). The van der Waals surface area contributed by atoms with Crippen molar-refractivity contribution in [1.82, 2.24) is 19.7 Å². The monoisotopic (exact) mass is 311 g/mol. The summed E-state index contributed by atoms with van der Waals surface area (Å²) in [7, 11) is 0. The zero-order valence-corrected chi connectivity index (χ0v) is 11.0. The molecule has 2 heterocycles. The average molecular weight is 311 g/mol. The van der Waals surface area contributed by atoms with E-state index < -0.39 is 29.7 Å². The van der Waals surface area contributed by atoms with Gasteiger partial charge in [0, 0.05) is 11.8 Å². The molecule has 0 aliphatic carbocycles. The van der Waals surface area contributed by atoms with Crippen LogP contribution in [0.1, 0.15) is 11.1 Å². The number of benzene rings is 1. The van der Waals surface area contributed by atoms with Gasteiger partial charge >= 0.3 is 6.18 Å². The first-order chi connectivity index (χ1) is 10.4. The zero-order valence-electron chi connectivity index (χ0n) is 11.0. The lowest BCUT2D eigenvalue weighted by molar-refractivity contribution is -0.138. The summed E-state index contributed by atoms with van der Waals surface area (Å²) >= 11 is 0. The van der Waals surface area contributed by atoms with Crippen molar-refractivity contribution in [1.29, 1.82) is 0 Å². The first kappa shape index (κ1) is 14.2. The Bertz CT molecular complexity index is 840. The number of hydrogen-bond acceptors (Lipinski definition) is 4. The Morgan fingerprint density at radius 3 is 2.68 bits per heavy atom. The van der Waals surface area contributed by atoms with Gasteiger partial charge in [0.1, 0.15) is 5.82 Å². The topological polar surface area (TPSA) is 69.6 Å². The molecule has 2 N–H and O–H groups in total. The number of nitrogen functional groups attached to an aromatic ring is 1. The summed E-state index contributed by atoms with van der Waals surface area (Å²) < 4.78 is 54.0. The van der Waals surface area contributed by atoms with Crippen LogP contribution >= 0.6 is 0 Å². The van der Waals surface area contributed by atoms with E-state index in [1.54, 1.807) is 0 Å². The van der Waals surface area contributed by atoms with Crippen LogP contribution < -0.4 is 5.73 Å². The minimum Gasteiger partial charge on any atom is -0.368 e. The summed E-state index contributed by atoms with van der Waals surface area (Å²) in [6.07, 6.45) is -1.88. The molecule has 0 aliphatic heterocycles. The van der Waals surface area contributed by atoms with Crippen LogP contribution in [0, 0.1) is 5.82 Å². The van der Waals surface area contributed by atoms with Crippen LogP contribution in [-0.4, -0.2) is 19.7 Å². The highest BCUT2D eigenvalue weighted by Gasteiger charge is 2.34. The fourth-order valence-electron chi connectivity index (χ4n) is 2.13. The third kappa shape index (κ3) is 2.45. The third-order valence-corrected chi connectivity index (χ3v) is 3.13. The van der Waals surface area contributed by atoms with Crippen molar-refractivity contribution in [2.45, 2.75) is 12.7 Å². The number of halogens is 4. The lowest BCUT2D eigenvalue weighted by Gasteiger charge is -2.13. The maximum atomic E-state index is 13.9. The predicted octanol–water partition coefficient (Wildman–Crippen LogP) is 2.61. The molecule has 0 atom stereocenters. The molecule has 0 saturated heterocycles. The molecule has 0 aliphatic rings. The van der Waals surface area contributed by atoms with E-state index in [9.17, 15) is 17.6 Å². The maximum absolute atomic E-state index is 13.9. The van der Waals surface area contributed by atoms with Gasteiger partial charge in [-0.2, -0.15) is 23.3 Å². The van der Waals surface area contributed by atoms with Gasteiger partial charge in [0.25, 0.3) is 0 Å². The first-order valence-corrected chi connectivity index (χ1v) is 6.15. The van der Waals surface area contributed by atoms with E-state index in [1.165, 1.54) is 12.4 Å². The molecule has 3 aromatic rings. The minimum absolute atomic E-state index is 0.0428. The molecule has 114 valence electrons. The summed E-state index contributed by atoms with van der Waals surface area (Å²) in [6, 6.07) is 2.82. The molecule has 5 nitrogen and oxygen atoms in total. The van der Waals surface area contributed by atoms with Crippen LogP contribution in [0.15, 0.2) is 30.6 Å². The van der Waals surface area contributed by atoms with Crippen molar-refractivity contribution < 1.29 is 17.6 Å². The number of aromatic nitrogens is 4. The Balaban J connectivity index is 2.11. The molecule has 0 bridgehead atoms. The Kier molecular flexibility index (Phi) is 3.19. The van der Waals surface area contributed by atoms with Crippen LogP contribution in [0.5, 0.6) is 0 Å². The standard InChI is InChI=1S/C13H9F4N5/c14-10-3-1-2-9(13(15,16)17)8(10)6-22-11-7(5-20-22)4-19-12(18)21-11/h1-5H,6H2,(H2,18,19,21). The highest BCUT2D eigenvalue weighted by molar-refractivity contribution is 5.74. The van der Waals surface area contributed by atoms with Gasteiger partial charge in [-0.25, -0.2) is 14.1 Å². The Morgan fingerprint density at radius 1 is 1.18 bits per heavy atom. The lowest BCUT2D eigenvalue weighted by Crippen LogP contribution is -2.14. The molecule has 0 unspecified atom stereocenters. The highest BCUT2D eigenvalue weighted by atomic mass is 19.4. The summed E-state index contributed by atoms with van der Waals surface area (Å²) in [6.45, 7) is -0.415. The molecule has 0 saturated carbocycles. The number of hydrogen-bond donors (Lipinski definition) is 1. The van der Waals surface area contributed by atoms with Crippen LogP contribution in [0.2, 0.25) is 0 Å². The van der Waals surface area contributed by atoms with E-state index in [2.05, 4.69) is 15.1 Å². The second-order valence-electron chi connectivity index (χ2n) is 4.57. The molecule has 1 aromatic carbocycles. The van der Waals surface area contributed by atoms with Crippen molar-refractivity contribution in [3.8, 4) is 0 Å². The summed E-state index contributed by atoms with van der Waals surface area (Å²) in [5, 5.41) is 4.42. The van der Waals surface area contributed by atoms with E-state index in [0.717, 1.165) is 22.9 Å². The molecule has 2 aromatic heterocycles. The second kappa shape index (κ2) is 4.93. The van der Waals surface area contributed by atoms with E-state index in [0.29, 0.717) is 5.39 Å². The van der Waals surface area contributed by atoms with Crippen molar-refractivity contribution in [3.05, 3.63) is 47.5 Å². The molecule has 9 heteroatoms. The molecule has 0 radical (unpaired) electrons. The molecule has 0 spiro atoms. The maximum Gasteiger partial charge on any atom is 0.416 e. The van der Waals surface area contributed by atoms with Gasteiger partial charge in [0.15, 0.2) is 5.65 Å². The van der Waals surface area contributed by atoms with E-state index in [1.807, 2.05) is 0 Å². The summed E-state index contributed by atoms with van der Waals surface area (Å²) in [5.74, 6) is -1.00. The quantitative estimate of drug-likeness (QED) is 0.739. The number of rotatable bonds is 2. The van der Waals surface area contributed by atoms with Crippen molar-refractivity contribution in [3.63, 3.8) is 0 Å². The van der Waals surface area contributed by atoms with Crippen LogP contribution in [0.25, 0.3) is 11.0 Å². The lowest BCUT2D eigenvalue weighted by atomic mass is 10.1. The van der Waals surface area contributed by atoms with Gasteiger partial charge in [0.05, 0.1) is 23.7 Å². The van der Waals surface area contributed by atoms with Crippen LogP contribution in [0.3, 0.4) is 0 Å². The highest BCUT2D eigenvalue weighted by Crippen LogP contribution is 2.33. The van der Waals surface area contributed by atoms with E-state index >= 15 is 0 Å². The molecular formula is C13H9F4N5. The fourth-order valence-corrected chi connectivity index (χ4v) is 2.13. The molecule has 0 amide bonds. The Labute approximate surface area is 121 Å². The van der Waals surface area contributed by atoms with Crippen LogP contribution in [0.4, 0.5) is 23.5 Å². The Hall–Kier alpha value is -2.71. The second-order valence-corrected chi connectivity index (χ2v) is 4.57. The first-order valence-electron chi connectivity index (χ1n) is 6.15. The molecule has 22 heavy (non-hydrogen) atoms. The number of anilines is 1. The van der Waals surface area contributed by atoms with Gasteiger partial charge in [-0.05, 0) is 12.1 Å². The summed E-state index contributed by atoms with van der Waals surface area (Å²) in [4.78, 5) is 7.68. The van der Waals surface area contributed by atoms with Gasteiger partial charge < -0.3 is 5.73 Å². The number of alkyl halides is 3. The number of fused-ring (bicyclic) bond motifs is 1. The molecule has 0 fully saturated rings. The molecular weight excluding hydrogens is 302 g/mol. The predicted molar refractivity (Wildman–Crippen MR) is 70.2 cm³/mol. The van der Waals surface area contributed by atoms with E-state index in [-0.39, 0.29) is 11.6 Å². The van der Waals surface area contributed by atoms with Gasteiger partial charge in [-0.3, -0.25) is 0 Å². The van der Waals surface area contributed by atoms with Crippen LogP contribution in [-0.2, 0) is 12.7 Å². The number of nitrogens with two attached hydrogens (primary N) is 1. The van der Waals surface area contributed by atoms with Crippen molar-refractivity contribution >= 4 is 17.0 Å². The average Bonchev–Trinajstić information content (AvgIpc) is 2.82. The van der Waals surface area contributed by atoms with Gasteiger partial charge in [0.2, 0.25) is 5.95 Å². The van der Waals surface area contributed by atoms with Gasteiger partial charge in [-0.1, -0.05) is 6.07 Å². The SMILES string of the molecule is Nc1ncc2cnn(Cc3c(F)cccc3C(F)(F)F)c2n1. The normalized spacial score (nSPS) is 12.0. The minimum atomic E-state index is -4.66. The van der Waals surface area contributed by atoms with Crippen molar-refractivity contribution in [2.75, 3.05) is 5.73 Å². The van der Waals surface area contributed by atoms with Gasteiger partial charge in [-0.15, -0.1) is 0 Å². The number of nitrogens with zero attached hydrogens (tertiary/aromatic N) is 4. The fraction of sp³-hybridized carbons (Fsp3) is 0.154. The van der Waals surface area contributed by atoms with Crippen molar-refractivity contribution in [2.24, 2.45) is 0 Å². The van der Waals surface area contributed by atoms with E-state index in [4.69, 9.17) is 5.73 Å². The largest absolute Gasteiger partial charge is 0.416 e. The zero-order chi connectivity index (χ0) is 15.9. The Morgan fingerprint density at radius 2 is 1.95 bits per heavy atom.